The second-order valence-corrected chi connectivity index (χ2v) is 4.49. The van der Waals surface area contributed by atoms with Crippen molar-refractivity contribution >= 4 is 11.0 Å². The summed E-state index contributed by atoms with van der Waals surface area (Å²) in [5, 5.41) is 9.00. The lowest BCUT2D eigenvalue weighted by Gasteiger charge is -2.17. The zero-order valence-electron chi connectivity index (χ0n) is 10.9. The molecule has 0 saturated carbocycles. The molecule has 0 fully saturated rings. The summed E-state index contributed by atoms with van der Waals surface area (Å²) in [4.78, 5) is 4.52. The molecule has 0 amide bonds. The van der Waals surface area contributed by atoms with Crippen LogP contribution in [0.4, 0.5) is 0 Å². The molecule has 0 saturated heterocycles. The molecule has 1 aromatic carbocycles. The summed E-state index contributed by atoms with van der Waals surface area (Å²) in [6.07, 6.45) is 1.87. The summed E-state index contributed by atoms with van der Waals surface area (Å²) in [6, 6.07) is 13.5. The van der Waals surface area contributed by atoms with Gasteiger partial charge in [-0.2, -0.15) is 5.26 Å². The SMILES string of the molecule is N#CCc1nc2ccccc2n1C(CN)c1ccco1. The number of hydrogen-bond donors (Lipinski definition) is 1. The van der Waals surface area contributed by atoms with Crippen molar-refractivity contribution in [2.24, 2.45) is 5.73 Å². The van der Waals surface area contributed by atoms with Crippen LogP contribution >= 0.6 is 0 Å². The Labute approximate surface area is 116 Å². The fourth-order valence-electron chi connectivity index (χ4n) is 2.47. The molecular weight excluding hydrogens is 252 g/mol. The largest absolute Gasteiger partial charge is 0.467 e. The second kappa shape index (κ2) is 5.19. The average Bonchev–Trinajstić information content (AvgIpc) is 3.09. The highest BCUT2D eigenvalue weighted by Crippen LogP contribution is 2.26. The van der Waals surface area contributed by atoms with Crippen LogP contribution in [0.25, 0.3) is 11.0 Å². The van der Waals surface area contributed by atoms with Gasteiger partial charge in [-0.05, 0) is 24.3 Å². The maximum atomic E-state index is 9.00. The van der Waals surface area contributed by atoms with Crippen molar-refractivity contribution in [1.82, 2.24) is 9.55 Å². The molecule has 100 valence electrons. The van der Waals surface area contributed by atoms with Crippen molar-refractivity contribution in [2.75, 3.05) is 6.54 Å². The third-order valence-electron chi connectivity index (χ3n) is 3.31. The van der Waals surface area contributed by atoms with Crippen LogP contribution in [0.15, 0.2) is 47.1 Å². The Hall–Kier alpha value is -2.58. The van der Waals surface area contributed by atoms with Crippen LogP contribution in [-0.2, 0) is 6.42 Å². The van der Waals surface area contributed by atoms with E-state index in [1.54, 1.807) is 6.26 Å². The number of fused-ring (bicyclic) bond motifs is 1. The van der Waals surface area contributed by atoms with Crippen molar-refractivity contribution in [1.29, 1.82) is 5.26 Å². The van der Waals surface area contributed by atoms with Gasteiger partial charge in [0.25, 0.3) is 0 Å². The average molecular weight is 266 g/mol. The van der Waals surface area contributed by atoms with E-state index >= 15 is 0 Å². The van der Waals surface area contributed by atoms with Crippen molar-refractivity contribution in [3.8, 4) is 6.07 Å². The summed E-state index contributed by atoms with van der Waals surface area (Å²) < 4.78 is 7.48. The molecule has 2 N–H and O–H groups in total. The van der Waals surface area contributed by atoms with Gasteiger partial charge in [-0.25, -0.2) is 4.98 Å². The lowest BCUT2D eigenvalue weighted by atomic mass is 10.2. The van der Waals surface area contributed by atoms with Gasteiger partial charge in [0, 0.05) is 6.54 Å². The molecule has 3 aromatic rings. The van der Waals surface area contributed by atoms with Crippen molar-refractivity contribution in [3.63, 3.8) is 0 Å². The van der Waals surface area contributed by atoms with Gasteiger partial charge in [0.05, 0.1) is 29.8 Å². The monoisotopic (exact) mass is 266 g/mol. The minimum atomic E-state index is -0.152. The predicted molar refractivity (Wildman–Crippen MR) is 75.0 cm³/mol. The van der Waals surface area contributed by atoms with Gasteiger partial charge in [0.15, 0.2) is 0 Å². The highest BCUT2D eigenvalue weighted by Gasteiger charge is 2.21. The molecule has 0 aliphatic carbocycles. The van der Waals surface area contributed by atoms with E-state index in [0.29, 0.717) is 12.4 Å². The minimum absolute atomic E-state index is 0.152. The molecule has 1 atom stereocenters. The van der Waals surface area contributed by atoms with E-state index in [9.17, 15) is 0 Å². The van der Waals surface area contributed by atoms with Gasteiger partial charge in [-0.3, -0.25) is 0 Å². The van der Waals surface area contributed by atoms with Gasteiger partial charge < -0.3 is 14.7 Å². The summed E-state index contributed by atoms with van der Waals surface area (Å²) in [5.41, 5.74) is 7.75. The third kappa shape index (κ3) is 1.96. The fraction of sp³-hybridized carbons (Fsp3) is 0.200. The van der Waals surface area contributed by atoms with Gasteiger partial charge >= 0.3 is 0 Å². The minimum Gasteiger partial charge on any atom is -0.467 e. The third-order valence-corrected chi connectivity index (χ3v) is 3.31. The molecule has 1 unspecified atom stereocenters. The zero-order valence-corrected chi connectivity index (χ0v) is 10.9. The highest BCUT2D eigenvalue weighted by molar-refractivity contribution is 5.76. The number of aromatic nitrogens is 2. The van der Waals surface area contributed by atoms with E-state index in [1.807, 2.05) is 41.0 Å². The fourth-order valence-corrected chi connectivity index (χ4v) is 2.47. The van der Waals surface area contributed by atoms with Crippen molar-refractivity contribution in [3.05, 3.63) is 54.2 Å². The van der Waals surface area contributed by atoms with Crippen LogP contribution in [0.3, 0.4) is 0 Å². The number of para-hydroxylation sites is 2. The van der Waals surface area contributed by atoms with Crippen LogP contribution in [-0.4, -0.2) is 16.1 Å². The van der Waals surface area contributed by atoms with Gasteiger partial charge in [0.2, 0.25) is 0 Å². The highest BCUT2D eigenvalue weighted by atomic mass is 16.3. The lowest BCUT2D eigenvalue weighted by molar-refractivity contribution is 0.432. The first-order valence-corrected chi connectivity index (χ1v) is 6.41. The molecule has 5 nitrogen and oxygen atoms in total. The molecule has 0 aliphatic heterocycles. The van der Waals surface area contributed by atoms with Crippen LogP contribution < -0.4 is 5.73 Å². The topological polar surface area (TPSA) is 80.8 Å². The van der Waals surface area contributed by atoms with E-state index in [0.717, 1.165) is 16.8 Å². The Balaban J connectivity index is 2.22. The molecule has 20 heavy (non-hydrogen) atoms. The van der Waals surface area contributed by atoms with E-state index in [4.69, 9.17) is 15.4 Å². The summed E-state index contributed by atoms with van der Waals surface area (Å²) >= 11 is 0. The molecule has 0 bridgehead atoms. The van der Waals surface area contributed by atoms with Crippen LogP contribution in [0.1, 0.15) is 17.6 Å². The molecule has 5 heteroatoms. The maximum Gasteiger partial charge on any atom is 0.127 e. The Morgan fingerprint density at radius 1 is 1.30 bits per heavy atom. The van der Waals surface area contributed by atoms with Crippen molar-refractivity contribution in [2.45, 2.75) is 12.5 Å². The van der Waals surface area contributed by atoms with Crippen LogP contribution in [0.2, 0.25) is 0 Å². The molecule has 0 aliphatic rings. The zero-order chi connectivity index (χ0) is 13.9. The molecule has 0 radical (unpaired) electrons. The number of benzene rings is 1. The van der Waals surface area contributed by atoms with E-state index in [-0.39, 0.29) is 12.5 Å². The quantitative estimate of drug-likeness (QED) is 0.785. The number of furan rings is 1. The van der Waals surface area contributed by atoms with Gasteiger partial charge in [-0.1, -0.05) is 12.1 Å². The first-order valence-electron chi connectivity index (χ1n) is 6.41. The Morgan fingerprint density at radius 2 is 2.15 bits per heavy atom. The smallest absolute Gasteiger partial charge is 0.127 e. The number of nitrogens with two attached hydrogens (primary N) is 1. The molecular formula is C15H14N4O. The molecule has 2 heterocycles. The predicted octanol–water partition coefficient (Wildman–Crippen LogP) is 2.24. The first-order chi connectivity index (χ1) is 9.85. The summed E-state index contributed by atoms with van der Waals surface area (Å²) in [7, 11) is 0. The van der Waals surface area contributed by atoms with E-state index < -0.39 is 0 Å². The number of rotatable bonds is 4. The van der Waals surface area contributed by atoms with Gasteiger partial charge in [-0.15, -0.1) is 0 Å². The Bertz CT molecular complexity index is 752. The number of nitriles is 1. The van der Waals surface area contributed by atoms with E-state index in [1.165, 1.54) is 0 Å². The molecule has 3 rings (SSSR count). The maximum absolute atomic E-state index is 9.00. The molecule has 0 spiro atoms. The second-order valence-electron chi connectivity index (χ2n) is 4.49. The number of nitrogens with zero attached hydrogens (tertiary/aromatic N) is 3. The number of hydrogen-bond acceptors (Lipinski definition) is 4. The molecule has 2 aromatic heterocycles. The number of imidazole rings is 1. The Morgan fingerprint density at radius 3 is 2.85 bits per heavy atom. The first kappa shape index (κ1) is 12.5. The normalized spacial score (nSPS) is 12.4. The Kier molecular flexibility index (Phi) is 3.23. The lowest BCUT2D eigenvalue weighted by Crippen LogP contribution is -2.21. The summed E-state index contributed by atoms with van der Waals surface area (Å²) in [6.45, 7) is 0.381. The van der Waals surface area contributed by atoms with Crippen LogP contribution in [0, 0.1) is 11.3 Å². The van der Waals surface area contributed by atoms with E-state index in [2.05, 4.69) is 11.1 Å². The van der Waals surface area contributed by atoms with Gasteiger partial charge in [0.1, 0.15) is 17.6 Å². The van der Waals surface area contributed by atoms with Crippen LogP contribution in [0.5, 0.6) is 0 Å². The standard InChI is InChI=1S/C15H14N4O/c16-8-7-15-18-11-4-1-2-5-12(11)19(15)13(10-17)14-6-3-9-20-14/h1-6,9,13H,7,10,17H2. The summed E-state index contributed by atoms with van der Waals surface area (Å²) in [5.74, 6) is 1.48. The van der Waals surface area contributed by atoms with Crippen molar-refractivity contribution < 1.29 is 4.42 Å².